The minimum atomic E-state index is -0.373. The first-order chi connectivity index (χ1) is 10.0. The summed E-state index contributed by atoms with van der Waals surface area (Å²) < 4.78 is 23.5. The Hall–Kier alpha value is -1.78. The Bertz CT molecular complexity index is 634. The van der Waals surface area contributed by atoms with Gasteiger partial charge >= 0.3 is 0 Å². The highest BCUT2D eigenvalue weighted by Gasteiger charge is 2.13. The number of halogens is 2. The van der Waals surface area contributed by atoms with Crippen molar-refractivity contribution >= 4 is 11.6 Å². The van der Waals surface area contributed by atoms with E-state index in [1.807, 2.05) is 18.2 Å². The molecule has 0 amide bonds. The van der Waals surface area contributed by atoms with E-state index >= 15 is 0 Å². The maximum atomic E-state index is 13.1. The van der Waals surface area contributed by atoms with E-state index in [2.05, 4.69) is 0 Å². The van der Waals surface area contributed by atoms with Gasteiger partial charge in [0, 0.05) is 11.1 Å². The van der Waals surface area contributed by atoms with Gasteiger partial charge in [0.25, 0.3) is 0 Å². The molecule has 1 unspecified atom stereocenters. The summed E-state index contributed by atoms with van der Waals surface area (Å²) in [4.78, 5) is 0. The molecule has 0 aliphatic rings. The highest BCUT2D eigenvalue weighted by atomic mass is 35.5. The largest absolute Gasteiger partial charge is 0.493 e. The molecule has 1 atom stereocenters. The molecule has 0 aromatic heterocycles. The zero-order chi connectivity index (χ0) is 15.4. The van der Waals surface area contributed by atoms with E-state index in [1.165, 1.54) is 12.1 Å². The average Bonchev–Trinajstić information content (AvgIpc) is 2.46. The molecule has 0 heterocycles. The Labute approximate surface area is 128 Å². The van der Waals surface area contributed by atoms with Crippen LogP contribution >= 0.6 is 11.6 Å². The quantitative estimate of drug-likeness (QED) is 0.915. The van der Waals surface area contributed by atoms with Crippen LogP contribution in [0, 0.1) is 5.82 Å². The van der Waals surface area contributed by atoms with Gasteiger partial charge in [-0.25, -0.2) is 4.39 Å². The second kappa shape index (κ2) is 6.78. The first kappa shape index (κ1) is 15.6. The SMILES string of the molecule is COc1ccc(CC(N)c2ccc(F)cc2Cl)cc1OC. The van der Waals surface area contributed by atoms with Crippen molar-refractivity contribution in [3.8, 4) is 11.5 Å². The lowest BCUT2D eigenvalue weighted by molar-refractivity contribution is 0.354. The number of hydrogen-bond acceptors (Lipinski definition) is 3. The Morgan fingerprint density at radius 3 is 2.43 bits per heavy atom. The molecule has 0 saturated carbocycles. The number of ether oxygens (including phenoxy) is 2. The van der Waals surface area contributed by atoms with E-state index in [0.29, 0.717) is 28.5 Å². The molecule has 0 aliphatic heterocycles. The normalized spacial score (nSPS) is 12.0. The summed E-state index contributed by atoms with van der Waals surface area (Å²) in [5, 5.41) is 0.336. The minimum Gasteiger partial charge on any atom is -0.493 e. The van der Waals surface area contributed by atoms with E-state index in [9.17, 15) is 4.39 Å². The third-order valence-electron chi connectivity index (χ3n) is 3.27. The second-order valence-electron chi connectivity index (χ2n) is 4.67. The van der Waals surface area contributed by atoms with Crippen molar-refractivity contribution in [3.63, 3.8) is 0 Å². The zero-order valence-electron chi connectivity index (χ0n) is 11.9. The molecule has 0 bridgehead atoms. The molecule has 2 rings (SSSR count). The molecule has 0 aliphatic carbocycles. The number of benzene rings is 2. The molecule has 0 spiro atoms. The Kier molecular flexibility index (Phi) is 5.04. The van der Waals surface area contributed by atoms with E-state index in [4.69, 9.17) is 26.8 Å². The fourth-order valence-electron chi connectivity index (χ4n) is 2.17. The van der Waals surface area contributed by atoms with Crippen LogP contribution in [0.4, 0.5) is 4.39 Å². The highest BCUT2D eigenvalue weighted by molar-refractivity contribution is 6.31. The summed E-state index contributed by atoms with van der Waals surface area (Å²) in [7, 11) is 3.17. The molecule has 0 radical (unpaired) electrons. The van der Waals surface area contributed by atoms with E-state index in [1.54, 1.807) is 20.3 Å². The van der Waals surface area contributed by atoms with Gasteiger partial charge in [-0.15, -0.1) is 0 Å². The van der Waals surface area contributed by atoms with Gasteiger partial charge in [0.05, 0.1) is 14.2 Å². The van der Waals surface area contributed by atoms with Gasteiger partial charge in [0.2, 0.25) is 0 Å². The maximum Gasteiger partial charge on any atom is 0.160 e. The third-order valence-corrected chi connectivity index (χ3v) is 3.59. The van der Waals surface area contributed by atoms with Crippen LogP contribution in [0.3, 0.4) is 0 Å². The fourth-order valence-corrected chi connectivity index (χ4v) is 2.48. The number of hydrogen-bond donors (Lipinski definition) is 1. The monoisotopic (exact) mass is 309 g/mol. The Morgan fingerprint density at radius 1 is 1.10 bits per heavy atom. The predicted molar refractivity (Wildman–Crippen MR) is 81.6 cm³/mol. The number of nitrogens with two attached hydrogens (primary N) is 1. The van der Waals surface area contributed by atoms with Crippen molar-refractivity contribution in [1.29, 1.82) is 0 Å². The summed E-state index contributed by atoms with van der Waals surface area (Å²) in [6.07, 6.45) is 0.561. The van der Waals surface area contributed by atoms with Gasteiger partial charge < -0.3 is 15.2 Å². The fraction of sp³-hybridized carbons (Fsp3) is 0.250. The molecule has 3 nitrogen and oxygen atoms in total. The zero-order valence-corrected chi connectivity index (χ0v) is 12.7. The molecular weight excluding hydrogens is 293 g/mol. The third kappa shape index (κ3) is 3.65. The van der Waals surface area contributed by atoms with Crippen molar-refractivity contribution in [2.75, 3.05) is 14.2 Å². The molecule has 2 N–H and O–H groups in total. The van der Waals surface area contributed by atoms with E-state index in [0.717, 1.165) is 5.56 Å². The Balaban J connectivity index is 2.21. The highest BCUT2D eigenvalue weighted by Crippen LogP contribution is 2.30. The molecule has 21 heavy (non-hydrogen) atoms. The molecule has 5 heteroatoms. The van der Waals surface area contributed by atoms with Crippen molar-refractivity contribution in [1.82, 2.24) is 0 Å². The summed E-state index contributed by atoms with van der Waals surface area (Å²) in [5.74, 6) is 0.934. The lowest BCUT2D eigenvalue weighted by Gasteiger charge is -2.15. The van der Waals surface area contributed by atoms with Gasteiger partial charge in [0.1, 0.15) is 5.82 Å². The topological polar surface area (TPSA) is 44.5 Å². The van der Waals surface area contributed by atoms with Crippen molar-refractivity contribution in [2.45, 2.75) is 12.5 Å². The van der Waals surface area contributed by atoms with Crippen LogP contribution in [0.2, 0.25) is 5.02 Å². The van der Waals surface area contributed by atoms with Crippen LogP contribution in [0.5, 0.6) is 11.5 Å². The molecule has 0 saturated heterocycles. The summed E-state index contributed by atoms with van der Waals surface area (Å²) in [6, 6.07) is 9.53. The van der Waals surface area contributed by atoms with Crippen molar-refractivity contribution in [3.05, 3.63) is 58.4 Å². The van der Waals surface area contributed by atoms with Crippen LogP contribution < -0.4 is 15.2 Å². The van der Waals surface area contributed by atoms with Crippen LogP contribution in [0.15, 0.2) is 36.4 Å². The predicted octanol–water partition coefficient (Wildman–Crippen LogP) is 3.74. The maximum absolute atomic E-state index is 13.1. The van der Waals surface area contributed by atoms with Crippen molar-refractivity contribution in [2.24, 2.45) is 5.73 Å². The molecule has 2 aromatic carbocycles. The van der Waals surface area contributed by atoms with Crippen LogP contribution in [0.25, 0.3) is 0 Å². The lowest BCUT2D eigenvalue weighted by atomic mass is 9.99. The molecular formula is C16H17ClFNO2. The smallest absolute Gasteiger partial charge is 0.160 e. The molecule has 2 aromatic rings. The van der Waals surface area contributed by atoms with Gasteiger partial charge in [-0.05, 0) is 41.8 Å². The van der Waals surface area contributed by atoms with Gasteiger partial charge in [-0.3, -0.25) is 0 Å². The first-order valence-electron chi connectivity index (χ1n) is 6.46. The van der Waals surface area contributed by atoms with Gasteiger partial charge in [0.15, 0.2) is 11.5 Å². The van der Waals surface area contributed by atoms with Gasteiger partial charge in [-0.2, -0.15) is 0 Å². The summed E-state index contributed by atoms with van der Waals surface area (Å²) >= 11 is 6.03. The van der Waals surface area contributed by atoms with Crippen LogP contribution in [-0.4, -0.2) is 14.2 Å². The van der Waals surface area contributed by atoms with Crippen LogP contribution in [-0.2, 0) is 6.42 Å². The minimum absolute atomic E-state index is 0.323. The Morgan fingerprint density at radius 2 is 1.81 bits per heavy atom. The summed E-state index contributed by atoms with van der Waals surface area (Å²) in [5.41, 5.74) is 7.86. The average molecular weight is 310 g/mol. The van der Waals surface area contributed by atoms with Crippen molar-refractivity contribution < 1.29 is 13.9 Å². The number of rotatable bonds is 5. The standard InChI is InChI=1S/C16H17ClFNO2/c1-20-15-6-3-10(8-16(15)21-2)7-14(19)12-5-4-11(18)9-13(12)17/h3-6,8-9,14H,7,19H2,1-2H3. The lowest BCUT2D eigenvalue weighted by Crippen LogP contribution is -2.14. The van der Waals surface area contributed by atoms with E-state index < -0.39 is 0 Å². The number of methoxy groups -OCH3 is 2. The first-order valence-corrected chi connectivity index (χ1v) is 6.84. The summed E-state index contributed by atoms with van der Waals surface area (Å²) in [6.45, 7) is 0. The van der Waals surface area contributed by atoms with Gasteiger partial charge in [-0.1, -0.05) is 23.7 Å². The second-order valence-corrected chi connectivity index (χ2v) is 5.07. The molecule has 0 fully saturated rings. The van der Waals surface area contributed by atoms with Crippen LogP contribution in [0.1, 0.15) is 17.2 Å². The van der Waals surface area contributed by atoms with E-state index in [-0.39, 0.29) is 11.9 Å². The molecule has 112 valence electrons.